The first-order chi connectivity index (χ1) is 32.2. The third-order valence-electron chi connectivity index (χ3n) is 7.99. The van der Waals surface area contributed by atoms with E-state index in [0.717, 1.165) is 12.1 Å². The van der Waals surface area contributed by atoms with Gasteiger partial charge in [-0.15, -0.1) is 0 Å². The monoisotopic (exact) mass is 659 g/mol. The van der Waals surface area contributed by atoms with E-state index in [4.69, 9.17) is 29.4 Å². The zero-order valence-electron chi connectivity index (χ0n) is 43.4. The Balaban J connectivity index is 1.28. The maximum Gasteiger partial charge on any atom is 0.164 e. The van der Waals surface area contributed by atoms with Crippen LogP contribution in [0.3, 0.4) is 0 Å². The molecule has 5 nitrogen and oxygen atoms in total. The van der Waals surface area contributed by atoms with Crippen molar-refractivity contribution in [2.45, 2.75) is 0 Å². The number of aromatic nitrogens is 3. The molecule has 0 unspecified atom stereocenters. The van der Waals surface area contributed by atoms with Crippen LogP contribution in [0, 0.1) is 0 Å². The molecule has 3 aromatic heterocycles. The summed E-state index contributed by atoms with van der Waals surface area (Å²) in [5.74, 6) is -1.57. The van der Waals surface area contributed by atoms with E-state index in [0.29, 0.717) is 0 Å². The number of hydrogen-bond acceptors (Lipinski definition) is 5. The zero-order valence-corrected chi connectivity index (χ0v) is 25.4. The highest BCUT2D eigenvalue weighted by Crippen LogP contribution is 2.41. The van der Waals surface area contributed by atoms with Gasteiger partial charge in [0.05, 0.1) is 24.7 Å². The van der Waals surface area contributed by atoms with Crippen molar-refractivity contribution < 1.29 is 33.5 Å². The summed E-state index contributed by atoms with van der Waals surface area (Å²) in [7, 11) is 0. The normalized spacial score (nSPS) is 16.6. The van der Waals surface area contributed by atoms with Gasteiger partial charge in [-0.25, -0.2) is 15.0 Å². The summed E-state index contributed by atoms with van der Waals surface area (Å²) >= 11 is 0. The number of nitrogens with zero attached hydrogens (tertiary/aromatic N) is 3. The molecule has 0 bridgehead atoms. The first-order valence-corrected chi connectivity index (χ1v) is 15.1. The lowest BCUT2D eigenvalue weighted by Crippen LogP contribution is -2.00. The molecule has 0 aliphatic rings. The molecule has 234 valence electrons. The Morgan fingerprint density at radius 3 is 1.82 bits per heavy atom. The highest BCUT2D eigenvalue weighted by Gasteiger charge is 2.19. The molecule has 0 saturated carbocycles. The molecule has 0 amide bonds. The average molecular weight is 660 g/mol. The summed E-state index contributed by atoms with van der Waals surface area (Å²) in [4.78, 5) is 13.3. The minimum Gasteiger partial charge on any atom is -0.455 e. The van der Waals surface area contributed by atoms with E-state index in [1.54, 1.807) is 0 Å². The van der Waals surface area contributed by atoms with E-state index in [1.807, 2.05) is 0 Å². The fraction of sp³-hybridized carbons (Fsp3) is 0. The Kier molecular flexibility index (Phi) is 3.55. The third-order valence-corrected chi connectivity index (χ3v) is 7.99. The Morgan fingerprint density at radius 1 is 0.380 bits per heavy atom. The van der Waals surface area contributed by atoms with Crippen molar-refractivity contribution in [2.24, 2.45) is 0 Å². The Morgan fingerprint density at radius 2 is 1.00 bits per heavy atom. The lowest BCUT2D eigenvalue weighted by atomic mass is 10.00. The standard InChI is InChI=1S/C45H27N3O2/c1-3-11-28(12-4-1)29-21-23-31(24-22-29)44-46-43(30-13-5-2-6-14-30)47-45(48-44)32-25-26-34-36-17-10-19-38(42(36)50-40(34)27-32)37-18-9-16-35-33-15-7-8-20-39(33)49-41(35)37/h1-27H/i1D,2D,8D,9D,10D,13D,14D,16D,17D,19D,20D,21D,22D,23D,24D,25D,26D,27D. The first kappa shape index (κ1) is 15.6. The third kappa shape index (κ3) is 4.67. The van der Waals surface area contributed by atoms with Crippen LogP contribution in [0.4, 0.5) is 0 Å². The molecule has 0 N–H and O–H groups in total. The topological polar surface area (TPSA) is 65.0 Å². The van der Waals surface area contributed by atoms with Crippen molar-refractivity contribution >= 4 is 43.9 Å². The van der Waals surface area contributed by atoms with Crippen LogP contribution in [-0.4, -0.2) is 15.0 Å². The zero-order chi connectivity index (χ0) is 48.7. The number of para-hydroxylation sites is 3. The van der Waals surface area contributed by atoms with Crippen LogP contribution in [0.1, 0.15) is 24.7 Å². The van der Waals surface area contributed by atoms with Crippen LogP contribution in [0.25, 0.3) is 100 Å². The minimum absolute atomic E-state index is 0.0592. The van der Waals surface area contributed by atoms with E-state index < -0.39 is 107 Å². The smallest absolute Gasteiger partial charge is 0.164 e. The van der Waals surface area contributed by atoms with E-state index in [9.17, 15) is 4.11 Å². The number of benzene rings is 7. The molecule has 0 saturated heterocycles. The number of furan rings is 2. The summed E-state index contributed by atoms with van der Waals surface area (Å²) in [6, 6.07) is 3.74. The Hall–Kier alpha value is -6.85. The van der Waals surface area contributed by atoms with E-state index in [2.05, 4.69) is 15.0 Å². The van der Waals surface area contributed by atoms with Gasteiger partial charge in [0.1, 0.15) is 22.3 Å². The van der Waals surface area contributed by atoms with Crippen LogP contribution >= 0.6 is 0 Å². The first-order valence-electron chi connectivity index (χ1n) is 24.1. The molecule has 5 heteroatoms. The Labute approximate surface area is 312 Å². The van der Waals surface area contributed by atoms with Crippen molar-refractivity contribution in [3.8, 4) is 56.4 Å². The molecule has 10 aromatic rings. The molecular weight excluding hydrogens is 615 g/mol. The summed E-state index contributed by atoms with van der Waals surface area (Å²) in [6.45, 7) is 0. The van der Waals surface area contributed by atoms with Crippen molar-refractivity contribution in [3.05, 3.63) is 163 Å². The number of fused-ring (bicyclic) bond motifs is 6. The molecule has 50 heavy (non-hydrogen) atoms. The van der Waals surface area contributed by atoms with E-state index in [-0.39, 0.29) is 102 Å². The van der Waals surface area contributed by atoms with Crippen molar-refractivity contribution in [1.29, 1.82) is 0 Å². The minimum atomic E-state index is -0.733. The van der Waals surface area contributed by atoms with Gasteiger partial charge in [-0.2, -0.15) is 0 Å². The van der Waals surface area contributed by atoms with Crippen LogP contribution < -0.4 is 0 Å². The second-order valence-electron chi connectivity index (χ2n) is 11.0. The largest absolute Gasteiger partial charge is 0.455 e. The maximum absolute atomic E-state index is 9.55. The second kappa shape index (κ2) is 11.4. The Bertz CT molecular complexity index is 3860. The van der Waals surface area contributed by atoms with E-state index in [1.165, 1.54) is 42.5 Å². The summed E-state index contributed by atoms with van der Waals surface area (Å²) in [5, 5.41) is -0.274. The van der Waals surface area contributed by atoms with Gasteiger partial charge in [-0.3, -0.25) is 0 Å². The van der Waals surface area contributed by atoms with Gasteiger partial charge in [0.25, 0.3) is 0 Å². The molecule has 0 fully saturated rings. The fourth-order valence-electron chi connectivity index (χ4n) is 5.67. The molecule has 0 aliphatic heterocycles. The number of rotatable bonds is 5. The van der Waals surface area contributed by atoms with Gasteiger partial charge in [-0.05, 0) is 29.3 Å². The lowest BCUT2D eigenvalue weighted by molar-refractivity contribution is 0.665. The van der Waals surface area contributed by atoms with Gasteiger partial charge < -0.3 is 8.83 Å². The average Bonchev–Trinajstić information content (AvgIpc) is 3.89. The maximum atomic E-state index is 9.55. The molecule has 0 atom stereocenters. The van der Waals surface area contributed by atoms with Crippen molar-refractivity contribution in [2.75, 3.05) is 0 Å². The summed E-state index contributed by atoms with van der Waals surface area (Å²) in [5.41, 5.74) is -2.36. The quantitative estimate of drug-likeness (QED) is 0.184. The molecule has 7 aromatic carbocycles. The molecule has 3 heterocycles. The highest BCUT2D eigenvalue weighted by molar-refractivity contribution is 6.15. The van der Waals surface area contributed by atoms with E-state index >= 15 is 0 Å². The predicted octanol–water partition coefficient (Wildman–Crippen LogP) is 12.0. The van der Waals surface area contributed by atoms with Gasteiger partial charge in [0.15, 0.2) is 17.5 Å². The number of hydrogen-bond donors (Lipinski definition) is 0. The van der Waals surface area contributed by atoms with Crippen LogP contribution in [0.2, 0.25) is 0 Å². The second-order valence-corrected chi connectivity index (χ2v) is 11.0. The molecule has 0 aliphatic carbocycles. The molecular formula is C45H27N3O2. The van der Waals surface area contributed by atoms with Gasteiger partial charge in [0.2, 0.25) is 0 Å². The van der Waals surface area contributed by atoms with Crippen LogP contribution in [0.5, 0.6) is 0 Å². The van der Waals surface area contributed by atoms with Crippen molar-refractivity contribution in [1.82, 2.24) is 15.0 Å². The molecule has 10 rings (SSSR count). The summed E-state index contributed by atoms with van der Waals surface area (Å²) in [6.07, 6.45) is 0. The fourth-order valence-corrected chi connectivity index (χ4v) is 5.67. The SMILES string of the molecule is [2H]c1ccc(-c2c([2H])c([2H])c(-c3nc(-c4c([2H])cc([2H])cc4[2H])nc(-c4c([2H])c([2H])c5c(oc6c(-c7cc([2H])c([2H])c8c7oc7c([2H])c([2H])ccc78)c([2H])c([2H])c([2H])c65)c4[2H])n3)c([2H])c2[2H])cc1. The van der Waals surface area contributed by atoms with Gasteiger partial charge in [0, 0.05) is 49.4 Å². The molecule has 0 radical (unpaired) electrons. The molecule has 0 spiro atoms. The van der Waals surface area contributed by atoms with Crippen LogP contribution in [0.15, 0.2) is 172 Å². The summed E-state index contributed by atoms with van der Waals surface area (Å²) < 4.78 is 171. The highest BCUT2D eigenvalue weighted by atomic mass is 16.3. The van der Waals surface area contributed by atoms with Gasteiger partial charge in [-0.1, -0.05) is 145 Å². The van der Waals surface area contributed by atoms with Crippen molar-refractivity contribution in [3.63, 3.8) is 0 Å². The lowest BCUT2D eigenvalue weighted by Gasteiger charge is -2.09. The predicted molar refractivity (Wildman–Crippen MR) is 202 cm³/mol. The van der Waals surface area contributed by atoms with Crippen LogP contribution in [-0.2, 0) is 0 Å². The van der Waals surface area contributed by atoms with Gasteiger partial charge >= 0.3 is 0 Å².